The van der Waals surface area contributed by atoms with Crippen LogP contribution in [0.1, 0.15) is 13.3 Å². The largest absolute Gasteiger partial charge is 0.419 e. The summed E-state index contributed by atoms with van der Waals surface area (Å²) in [5, 5.41) is 0.131. The van der Waals surface area contributed by atoms with E-state index >= 15 is 0 Å². The maximum absolute atomic E-state index is 12.4. The highest BCUT2D eigenvalue weighted by atomic mass is 35.5. The third-order valence-electron chi connectivity index (χ3n) is 3.49. The van der Waals surface area contributed by atoms with Gasteiger partial charge in [0.2, 0.25) is 0 Å². The van der Waals surface area contributed by atoms with Gasteiger partial charge in [0.05, 0.1) is 16.2 Å². The first kappa shape index (κ1) is 16.6. The van der Waals surface area contributed by atoms with Gasteiger partial charge in [-0.25, -0.2) is 13.2 Å². The van der Waals surface area contributed by atoms with Crippen molar-refractivity contribution in [3.63, 3.8) is 0 Å². The molecule has 3 aromatic rings. The molecule has 0 spiro atoms. The Morgan fingerprint density at radius 3 is 2.67 bits per heavy atom. The Hall–Kier alpha value is -2.25. The van der Waals surface area contributed by atoms with Gasteiger partial charge in [-0.3, -0.25) is 9.29 Å². The normalized spacial score (nSPS) is 11.8. The molecule has 0 radical (unpaired) electrons. The molecule has 0 fully saturated rings. The number of nitrogens with one attached hydrogen (secondary N) is 1. The smallest absolute Gasteiger partial charge is 0.408 e. The van der Waals surface area contributed by atoms with E-state index in [4.69, 9.17) is 16.0 Å². The van der Waals surface area contributed by atoms with Gasteiger partial charge in [-0.1, -0.05) is 30.7 Å². The third-order valence-corrected chi connectivity index (χ3v) is 5.37. The van der Waals surface area contributed by atoms with E-state index in [0.717, 1.165) is 6.42 Å². The van der Waals surface area contributed by atoms with Gasteiger partial charge in [0, 0.05) is 12.6 Å². The molecule has 24 heavy (non-hydrogen) atoms. The zero-order chi connectivity index (χ0) is 17.3. The van der Waals surface area contributed by atoms with Gasteiger partial charge in [-0.05, 0) is 30.7 Å². The van der Waals surface area contributed by atoms with E-state index < -0.39 is 15.8 Å². The van der Waals surface area contributed by atoms with Crippen LogP contribution < -0.4 is 10.5 Å². The Morgan fingerprint density at radius 1 is 1.21 bits per heavy atom. The van der Waals surface area contributed by atoms with E-state index in [9.17, 15) is 13.2 Å². The lowest BCUT2D eigenvalue weighted by Crippen LogP contribution is -2.14. The first-order valence-corrected chi connectivity index (χ1v) is 9.19. The molecule has 1 N–H and O–H groups in total. The summed E-state index contributed by atoms with van der Waals surface area (Å²) in [7, 11) is -3.83. The van der Waals surface area contributed by atoms with Crippen LogP contribution in [0.3, 0.4) is 0 Å². The van der Waals surface area contributed by atoms with Gasteiger partial charge in [-0.15, -0.1) is 0 Å². The number of anilines is 1. The van der Waals surface area contributed by atoms with Gasteiger partial charge < -0.3 is 4.42 Å². The van der Waals surface area contributed by atoms with Crippen LogP contribution in [0.2, 0.25) is 5.02 Å². The standard InChI is InChI=1S/C16H15ClN2O4S/c1-2-9-19-13-8-7-11(10-14(13)23-16(19)20)18-24(21,22)15-6-4-3-5-12(15)17/h3-8,10,18H,2,9H2,1H3. The summed E-state index contributed by atoms with van der Waals surface area (Å²) in [6.45, 7) is 2.49. The van der Waals surface area contributed by atoms with Gasteiger partial charge >= 0.3 is 5.76 Å². The molecule has 0 saturated heterocycles. The van der Waals surface area contributed by atoms with Crippen LogP contribution in [-0.4, -0.2) is 13.0 Å². The number of nitrogens with zero attached hydrogens (tertiary/aromatic N) is 1. The average Bonchev–Trinajstić information content (AvgIpc) is 2.83. The molecule has 0 atom stereocenters. The van der Waals surface area contributed by atoms with Crippen LogP contribution >= 0.6 is 11.6 Å². The van der Waals surface area contributed by atoms with E-state index in [2.05, 4.69) is 4.72 Å². The zero-order valence-electron chi connectivity index (χ0n) is 12.8. The SMILES string of the molecule is CCCn1c(=O)oc2cc(NS(=O)(=O)c3ccccc3Cl)ccc21. The van der Waals surface area contributed by atoms with Gasteiger partial charge in [0.1, 0.15) is 4.90 Å². The van der Waals surface area contributed by atoms with Crippen molar-refractivity contribution in [3.8, 4) is 0 Å². The minimum Gasteiger partial charge on any atom is -0.408 e. The highest BCUT2D eigenvalue weighted by Gasteiger charge is 2.18. The Bertz CT molecular complexity index is 1050. The number of fused-ring (bicyclic) bond motifs is 1. The molecule has 0 aliphatic carbocycles. The molecule has 1 heterocycles. The second-order valence-electron chi connectivity index (χ2n) is 5.24. The first-order chi connectivity index (χ1) is 11.4. The van der Waals surface area contributed by atoms with Crippen molar-refractivity contribution in [1.82, 2.24) is 4.57 Å². The van der Waals surface area contributed by atoms with Crippen LogP contribution in [-0.2, 0) is 16.6 Å². The van der Waals surface area contributed by atoms with E-state index in [1.807, 2.05) is 6.92 Å². The fourth-order valence-corrected chi connectivity index (χ4v) is 4.01. The summed E-state index contributed by atoms with van der Waals surface area (Å²) in [6, 6.07) is 10.9. The van der Waals surface area contributed by atoms with Crippen LogP contribution in [0.25, 0.3) is 11.1 Å². The molecule has 2 aromatic carbocycles. The van der Waals surface area contributed by atoms with Crippen LogP contribution in [0, 0.1) is 0 Å². The Labute approximate surface area is 143 Å². The highest BCUT2D eigenvalue weighted by molar-refractivity contribution is 7.92. The van der Waals surface area contributed by atoms with E-state index in [-0.39, 0.29) is 9.92 Å². The fraction of sp³-hybridized carbons (Fsp3) is 0.188. The number of halogens is 1. The first-order valence-electron chi connectivity index (χ1n) is 7.33. The minimum atomic E-state index is -3.83. The van der Waals surface area contributed by atoms with E-state index in [1.165, 1.54) is 22.8 Å². The number of aromatic nitrogens is 1. The number of benzene rings is 2. The Kier molecular flexibility index (Phi) is 4.38. The maximum Gasteiger partial charge on any atom is 0.419 e. The lowest BCUT2D eigenvalue weighted by atomic mass is 10.3. The second-order valence-corrected chi connectivity index (χ2v) is 7.30. The molecule has 3 rings (SSSR count). The predicted octanol–water partition coefficient (Wildman–Crippen LogP) is 3.46. The van der Waals surface area contributed by atoms with Crippen molar-refractivity contribution in [3.05, 3.63) is 58.0 Å². The van der Waals surface area contributed by atoms with Crippen molar-refractivity contribution in [1.29, 1.82) is 0 Å². The Morgan fingerprint density at radius 2 is 1.96 bits per heavy atom. The van der Waals surface area contributed by atoms with Gasteiger partial charge in [0.15, 0.2) is 5.58 Å². The molecule has 0 saturated carbocycles. The monoisotopic (exact) mass is 366 g/mol. The molecule has 1 aromatic heterocycles. The fourth-order valence-electron chi connectivity index (χ4n) is 2.44. The van der Waals surface area contributed by atoms with Crippen LogP contribution in [0.5, 0.6) is 0 Å². The average molecular weight is 367 g/mol. The molecule has 0 unspecified atom stereocenters. The minimum absolute atomic E-state index is 0.0169. The van der Waals surface area contributed by atoms with Crippen molar-refractivity contribution in [2.45, 2.75) is 24.8 Å². The lowest BCUT2D eigenvalue weighted by Gasteiger charge is -2.09. The molecule has 8 heteroatoms. The second kappa shape index (κ2) is 6.33. The van der Waals surface area contributed by atoms with Crippen molar-refractivity contribution in [2.24, 2.45) is 0 Å². The number of oxazole rings is 1. The molecule has 0 aliphatic rings. The lowest BCUT2D eigenvalue weighted by molar-refractivity contribution is 0.502. The quantitative estimate of drug-likeness (QED) is 0.749. The summed E-state index contributed by atoms with van der Waals surface area (Å²) in [5.74, 6) is -0.460. The van der Waals surface area contributed by atoms with Crippen LogP contribution in [0.15, 0.2) is 56.6 Å². The number of hydrogen-bond acceptors (Lipinski definition) is 4. The van der Waals surface area contributed by atoms with Crippen molar-refractivity contribution < 1.29 is 12.8 Å². The third kappa shape index (κ3) is 3.05. The maximum atomic E-state index is 12.4. The van der Waals surface area contributed by atoms with Crippen molar-refractivity contribution >= 4 is 38.4 Å². The molecule has 0 amide bonds. The number of hydrogen-bond donors (Lipinski definition) is 1. The molecule has 0 aliphatic heterocycles. The molecular weight excluding hydrogens is 352 g/mol. The summed E-state index contributed by atoms with van der Waals surface area (Å²) >= 11 is 5.95. The molecular formula is C16H15ClN2O4S. The topological polar surface area (TPSA) is 81.3 Å². The van der Waals surface area contributed by atoms with Gasteiger partial charge in [-0.2, -0.15) is 0 Å². The van der Waals surface area contributed by atoms with E-state index in [1.54, 1.807) is 24.3 Å². The molecule has 0 bridgehead atoms. The Balaban J connectivity index is 1.99. The van der Waals surface area contributed by atoms with Crippen LogP contribution in [0.4, 0.5) is 5.69 Å². The molecule has 126 valence electrons. The predicted molar refractivity (Wildman–Crippen MR) is 93.0 cm³/mol. The summed E-state index contributed by atoms with van der Waals surface area (Å²) in [5.41, 5.74) is 1.25. The van der Waals surface area contributed by atoms with Gasteiger partial charge in [0.25, 0.3) is 10.0 Å². The zero-order valence-corrected chi connectivity index (χ0v) is 14.4. The highest BCUT2D eigenvalue weighted by Crippen LogP contribution is 2.25. The number of aryl methyl sites for hydroxylation is 1. The number of sulfonamides is 1. The van der Waals surface area contributed by atoms with E-state index in [0.29, 0.717) is 23.3 Å². The summed E-state index contributed by atoms with van der Waals surface area (Å²) in [4.78, 5) is 11.8. The van der Waals surface area contributed by atoms with Crippen molar-refractivity contribution in [2.75, 3.05) is 4.72 Å². The number of rotatable bonds is 5. The molecule has 6 nitrogen and oxygen atoms in total. The summed E-state index contributed by atoms with van der Waals surface area (Å²) in [6.07, 6.45) is 0.787. The summed E-state index contributed by atoms with van der Waals surface area (Å²) < 4.78 is 34.0.